The first-order chi connectivity index (χ1) is 7.71. The maximum Gasteiger partial charge on any atom is 0.322 e. The Bertz CT molecular complexity index is 331. The fourth-order valence-corrected chi connectivity index (χ4v) is 1.28. The van der Waals surface area contributed by atoms with Crippen molar-refractivity contribution in [3.63, 3.8) is 0 Å². The van der Waals surface area contributed by atoms with Crippen LogP contribution in [-0.4, -0.2) is 42.2 Å². The lowest BCUT2D eigenvalue weighted by atomic mass is 10.4. The van der Waals surface area contributed by atoms with Crippen molar-refractivity contribution in [1.29, 1.82) is 0 Å². The van der Waals surface area contributed by atoms with Gasteiger partial charge in [-0.25, -0.2) is 0 Å². The van der Waals surface area contributed by atoms with Gasteiger partial charge in [-0.3, -0.25) is 0 Å². The molecule has 16 heavy (non-hydrogen) atoms. The molecule has 0 aliphatic rings. The molecule has 6 heteroatoms. The third-order valence-corrected chi connectivity index (χ3v) is 2.02. The van der Waals surface area contributed by atoms with Crippen LogP contribution in [0, 0.1) is 0 Å². The molecule has 0 fully saturated rings. The number of nitrogens with zero attached hydrogens (tertiary/aromatic N) is 4. The minimum absolute atomic E-state index is 0.337. The summed E-state index contributed by atoms with van der Waals surface area (Å²) in [5, 5.41) is 3.05. The molecule has 0 aliphatic carbocycles. The summed E-state index contributed by atoms with van der Waals surface area (Å²) in [4.78, 5) is 14.6. The van der Waals surface area contributed by atoms with Crippen LogP contribution < -0.4 is 15.0 Å². The molecule has 0 unspecified atom stereocenters. The van der Waals surface area contributed by atoms with Crippen LogP contribution in [0.4, 0.5) is 11.9 Å². The van der Waals surface area contributed by atoms with E-state index in [0.717, 1.165) is 19.5 Å². The minimum atomic E-state index is 0.337. The van der Waals surface area contributed by atoms with Crippen LogP contribution >= 0.6 is 0 Å². The highest BCUT2D eigenvalue weighted by Crippen LogP contribution is 2.13. The Morgan fingerprint density at radius 3 is 2.56 bits per heavy atom. The van der Waals surface area contributed by atoms with Gasteiger partial charge in [0, 0.05) is 20.1 Å². The number of aromatic nitrogens is 3. The number of nitrogens with one attached hydrogen (secondary N) is 1. The Labute approximate surface area is 96.1 Å². The first-order valence-electron chi connectivity index (χ1n) is 5.46. The standard InChI is InChI=1S/C10H19N5O/c1-5-7-15(3)9-12-8(11-6-2)13-10(14-9)16-4/h5-7H2,1-4H3,(H,11,12,13,14). The maximum absolute atomic E-state index is 5.04. The predicted molar refractivity (Wildman–Crippen MR) is 64.1 cm³/mol. The van der Waals surface area contributed by atoms with Gasteiger partial charge in [0.05, 0.1) is 7.11 Å². The van der Waals surface area contributed by atoms with E-state index in [1.807, 2.05) is 18.9 Å². The maximum atomic E-state index is 5.04. The lowest BCUT2D eigenvalue weighted by molar-refractivity contribution is 0.379. The SMILES string of the molecule is CCCN(C)c1nc(NCC)nc(OC)n1. The summed E-state index contributed by atoms with van der Waals surface area (Å²) in [5.41, 5.74) is 0. The van der Waals surface area contributed by atoms with Gasteiger partial charge in [-0.2, -0.15) is 15.0 Å². The van der Waals surface area contributed by atoms with Crippen LogP contribution in [0.25, 0.3) is 0 Å². The highest BCUT2D eigenvalue weighted by Gasteiger charge is 2.09. The first-order valence-corrected chi connectivity index (χ1v) is 5.46. The van der Waals surface area contributed by atoms with E-state index in [1.165, 1.54) is 0 Å². The average Bonchev–Trinajstić information content (AvgIpc) is 2.29. The van der Waals surface area contributed by atoms with Crippen molar-refractivity contribution in [2.75, 3.05) is 37.5 Å². The molecule has 1 N–H and O–H groups in total. The molecule has 1 aromatic heterocycles. The van der Waals surface area contributed by atoms with E-state index in [9.17, 15) is 0 Å². The molecule has 0 aromatic carbocycles. The Hall–Kier alpha value is -1.59. The molecule has 1 rings (SSSR count). The molecule has 0 amide bonds. The largest absolute Gasteiger partial charge is 0.467 e. The van der Waals surface area contributed by atoms with Gasteiger partial charge in [-0.1, -0.05) is 6.92 Å². The molecule has 1 heterocycles. The number of hydrogen-bond donors (Lipinski definition) is 1. The van der Waals surface area contributed by atoms with Crippen LogP contribution in [-0.2, 0) is 0 Å². The summed E-state index contributed by atoms with van der Waals surface area (Å²) in [5.74, 6) is 1.18. The molecule has 1 aromatic rings. The van der Waals surface area contributed by atoms with Crippen LogP contribution in [0.15, 0.2) is 0 Å². The lowest BCUT2D eigenvalue weighted by Crippen LogP contribution is -2.21. The number of rotatable bonds is 6. The zero-order chi connectivity index (χ0) is 12.0. The normalized spacial score (nSPS) is 10.0. The predicted octanol–water partition coefficient (Wildman–Crippen LogP) is 1.16. The van der Waals surface area contributed by atoms with Gasteiger partial charge in [0.25, 0.3) is 0 Å². The highest BCUT2D eigenvalue weighted by atomic mass is 16.5. The van der Waals surface area contributed by atoms with E-state index in [-0.39, 0.29) is 0 Å². The van der Waals surface area contributed by atoms with E-state index >= 15 is 0 Å². The van der Waals surface area contributed by atoms with Crippen molar-refractivity contribution in [3.8, 4) is 6.01 Å². The number of methoxy groups -OCH3 is 1. The molecule has 0 atom stereocenters. The topological polar surface area (TPSA) is 63.2 Å². The molecule has 6 nitrogen and oxygen atoms in total. The molecule has 0 aliphatic heterocycles. The summed E-state index contributed by atoms with van der Waals surface area (Å²) in [6.07, 6.45) is 1.04. The lowest BCUT2D eigenvalue weighted by Gasteiger charge is -2.16. The Kier molecular flexibility index (Phi) is 4.75. The van der Waals surface area contributed by atoms with Crippen molar-refractivity contribution in [2.45, 2.75) is 20.3 Å². The van der Waals surface area contributed by atoms with Crippen molar-refractivity contribution in [1.82, 2.24) is 15.0 Å². The minimum Gasteiger partial charge on any atom is -0.467 e. The zero-order valence-electron chi connectivity index (χ0n) is 10.3. The van der Waals surface area contributed by atoms with Crippen LogP contribution in [0.2, 0.25) is 0 Å². The first kappa shape index (κ1) is 12.5. The summed E-state index contributed by atoms with van der Waals surface area (Å²) in [7, 11) is 3.50. The van der Waals surface area contributed by atoms with Gasteiger partial charge in [0.2, 0.25) is 11.9 Å². The Morgan fingerprint density at radius 1 is 1.25 bits per heavy atom. The Balaban J connectivity index is 2.93. The molecule has 0 radical (unpaired) electrons. The van der Waals surface area contributed by atoms with Gasteiger partial charge >= 0.3 is 6.01 Å². The second-order valence-electron chi connectivity index (χ2n) is 3.40. The second kappa shape index (κ2) is 6.09. The fraction of sp³-hybridized carbons (Fsp3) is 0.700. The molecule has 0 saturated carbocycles. The summed E-state index contributed by atoms with van der Waals surface area (Å²) in [6, 6.07) is 0.337. The van der Waals surface area contributed by atoms with Gasteiger partial charge in [-0.15, -0.1) is 0 Å². The van der Waals surface area contributed by atoms with Crippen molar-refractivity contribution in [2.24, 2.45) is 0 Å². The molecule has 0 saturated heterocycles. The number of anilines is 2. The van der Waals surface area contributed by atoms with Crippen LogP contribution in [0.3, 0.4) is 0 Å². The van der Waals surface area contributed by atoms with Crippen molar-refractivity contribution >= 4 is 11.9 Å². The molecule has 90 valence electrons. The quantitative estimate of drug-likeness (QED) is 0.783. The third-order valence-electron chi connectivity index (χ3n) is 2.02. The van der Waals surface area contributed by atoms with E-state index in [0.29, 0.717) is 17.9 Å². The average molecular weight is 225 g/mol. The number of ether oxygens (including phenoxy) is 1. The molecular weight excluding hydrogens is 206 g/mol. The monoisotopic (exact) mass is 225 g/mol. The van der Waals surface area contributed by atoms with E-state index in [2.05, 4.69) is 27.2 Å². The molecule has 0 spiro atoms. The summed E-state index contributed by atoms with van der Waals surface area (Å²) >= 11 is 0. The van der Waals surface area contributed by atoms with Gasteiger partial charge in [0.15, 0.2) is 0 Å². The van der Waals surface area contributed by atoms with Gasteiger partial charge in [0.1, 0.15) is 0 Å². The molecule has 0 bridgehead atoms. The molecular formula is C10H19N5O. The zero-order valence-corrected chi connectivity index (χ0v) is 10.3. The summed E-state index contributed by atoms with van der Waals surface area (Å²) < 4.78 is 5.04. The highest BCUT2D eigenvalue weighted by molar-refractivity contribution is 5.37. The van der Waals surface area contributed by atoms with Crippen LogP contribution in [0.1, 0.15) is 20.3 Å². The van der Waals surface area contributed by atoms with Crippen molar-refractivity contribution in [3.05, 3.63) is 0 Å². The van der Waals surface area contributed by atoms with Crippen molar-refractivity contribution < 1.29 is 4.74 Å². The van der Waals surface area contributed by atoms with E-state index in [1.54, 1.807) is 7.11 Å². The smallest absolute Gasteiger partial charge is 0.322 e. The van der Waals surface area contributed by atoms with E-state index < -0.39 is 0 Å². The second-order valence-corrected chi connectivity index (χ2v) is 3.40. The Morgan fingerprint density at radius 2 is 2.00 bits per heavy atom. The van der Waals surface area contributed by atoms with Gasteiger partial charge in [-0.05, 0) is 13.3 Å². The summed E-state index contributed by atoms with van der Waals surface area (Å²) in [6.45, 7) is 5.77. The van der Waals surface area contributed by atoms with Gasteiger partial charge < -0.3 is 15.0 Å². The number of hydrogen-bond acceptors (Lipinski definition) is 6. The van der Waals surface area contributed by atoms with Crippen LogP contribution in [0.5, 0.6) is 6.01 Å². The van der Waals surface area contributed by atoms with E-state index in [4.69, 9.17) is 4.74 Å². The fourth-order valence-electron chi connectivity index (χ4n) is 1.28. The third kappa shape index (κ3) is 3.22.